The molecule has 1 heterocycles. The molecule has 1 aromatic rings. The van der Waals surface area contributed by atoms with Gasteiger partial charge in [-0.05, 0) is 64.8 Å². The second-order valence-electron chi connectivity index (χ2n) is 6.00. The van der Waals surface area contributed by atoms with Gasteiger partial charge in [0.25, 0.3) is 0 Å². The standard InChI is InChI=1S/C16H25ClFN3/c1-19-15(9-12-5-6-13(18)10-14(12)17)16-11-20(2)7-4-8-21(16)3/h5-6,10,15-16,19H,4,7-9,11H2,1-3H3. The summed E-state index contributed by atoms with van der Waals surface area (Å²) in [6.07, 6.45) is 2.00. The van der Waals surface area contributed by atoms with Crippen LogP contribution in [0.15, 0.2) is 18.2 Å². The molecule has 2 rings (SSSR count). The van der Waals surface area contributed by atoms with Gasteiger partial charge in [0, 0.05) is 23.7 Å². The molecule has 0 bridgehead atoms. The first kappa shape index (κ1) is 16.7. The number of hydrogen-bond acceptors (Lipinski definition) is 3. The van der Waals surface area contributed by atoms with E-state index in [0.717, 1.165) is 31.6 Å². The minimum Gasteiger partial charge on any atom is -0.315 e. The van der Waals surface area contributed by atoms with Crippen molar-refractivity contribution >= 4 is 11.6 Å². The van der Waals surface area contributed by atoms with Gasteiger partial charge in [-0.2, -0.15) is 0 Å². The second-order valence-corrected chi connectivity index (χ2v) is 6.41. The molecular weight excluding hydrogens is 289 g/mol. The summed E-state index contributed by atoms with van der Waals surface area (Å²) in [6, 6.07) is 5.38. The number of hydrogen-bond donors (Lipinski definition) is 1. The highest BCUT2D eigenvalue weighted by atomic mass is 35.5. The smallest absolute Gasteiger partial charge is 0.124 e. The Bertz CT molecular complexity index is 469. The van der Waals surface area contributed by atoms with Crippen molar-refractivity contribution in [2.75, 3.05) is 40.8 Å². The van der Waals surface area contributed by atoms with Crippen LogP contribution in [0.4, 0.5) is 4.39 Å². The van der Waals surface area contributed by atoms with Gasteiger partial charge in [-0.3, -0.25) is 0 Å². The molecule has 0 amide bonds. The zero-order valence-corrected chi connectivity index (χ0v) is 13.8. The van der Waals surface area contributed by atoms with E-state index in [-0.39, 0.29) is 5.82 Å². The third-order valence-electron chi connectivity index (χ3n) is 4.41. The molecule has 3 nitrogen and oxygen atoms in total. The summed E-state index contributed by atoms with van der Waals surface area (Å²) in [5, 5.41) is 3.93. The molecule has 2 unspecified atom stereocenters. The van der Waals surface area contributed by atoms with Crippen molar-refractivity contribution in [1.29, 1.82) is 0 Å². The number of nitrogens with zero attached hydrogens (tertiary/aromatic N) is 2. The predicted molar refractivity (Wildman–Crippen MR) is 86.5 cm³/mol. The Morgan fingerprint density at radius 3 is 2.81 bits per heavy atom. The highest BCUT2D eigenvalue weighted by Gasteiger charge is 2.28. The van der Waals surface area contributed by atoms with Crippen molar-refractivity contribution in [3.63, 3.8) is 0 Å². The molecule has 1 saturated heterocycles. The van der Waals surface area contributed by atoms with Crippen LogP contribution in [0.25, 0.3) is 0 Å². The molecule has 1 N–H and O–H groups in total. The van der Waals surface area contributed by atoms with Crippen molar-refractivity contribution in [1.82, 2.24) is 15.1 Å². The first-order valence-electron chi connectivity index (χ1n) is 7.51. The highest BCUT2D eigenvalue weighted by molar-refractivity contribution is 6.31. The Balaban J connectivity index is 2.14. The quantitative estimate of drug-likeness (QED) is 0.920. The van der Waals surface area contributed by atoms with Crippen molar-refractivity contribution in [3.05, 3.63) is 34.6 Å². The fourth-order valence-corrected chi connectivity index (χ4v) is 3.34. The number of benzene rings is 1. The topological polar surface area (TPSA) is 18.5 Å². The fraction of sp³-hybridized carbons (Fsp3) is 0.625. The summed E-state index contributed by atoms with van der Waals surface area (Å²) in [7, 11) is 6.34. The highest BCUT2D eigenvalue weighted by Crippen LogP contribution is 2.21. The molecule has 2 atom stereocenters. The molecule has 0 saturated carbocycles. The van der Waals surface area contributed by atoms with Gasteiger partial charge >= 0.3 is 0 Å². The molecule has 1 fully saturated rings. The zero-order valence-electron chi connectivity index (χ0n) is 13.1. The van der Waals surface area contributed by atoms with E-state index in [2.05, 4.69) is 29.2 Å². The molecule has 1 aliphatic rings. The predicted octanol–water partition coefficient (Wildman–Crippen LogP) is 2.25. The third kappa shape index (κ3) is 4.39. The zero-order chi connectivity index (χ0) is 15.4. The molecule has 21 heavy (non-hydrogen) atoms. The van der Waals surface area contributed by atoms with Gasteiger partial charge in [0.15, 0.2) is 0 Å². The average molecular weight is 314 g/mol. The van der Waals surface area contributed by atoms with Crippen LogP contribution < -0.4 is 5.32 Å². The van der Waals surface area contributed by atoms with Gasteiger partial charge < -0.3 is 15.1 Å². The summed E-state index contributed by atoms with van der Waals surface area (Å²) in [5.74, 6) is -0.281. The van der Waals surface area contributed by atoms with Crippen LogP contribution in [0.5, 0.6) is 0 Å². The number of rotatable bonds is 4. The summed E-state index contributed by atoms with van der Waals surface area (Å²) in [6.45, 7) is 3.26. The van der Waals surface area contributed by atoms with Crippen LogP contribution in [0.2, 0.25) is 5.02 Å². The van der Waals surface area contributed by atoms with Crippen molar-refractivity contribution < 1.29 is 4.39 Å². The largest absolute Gasteiger partial charge is 0.315 e. The molecule has 5 heteroatoms. The molecular formula is C16H25ClFN3. The maximum absolute atomic E-state index is 13.2. The molecule has 0 spiro atoms. The lowest BCUT2D eigenvalue weighted by atomic mass is 9.98. The van der Waals surface area contributed by atoms with Crippen LogP contribution in [0.1, 0.15) is 12.0 Å². The van der Waals surface area contributed by atoms with Crippen LogP contribution in [0.3, 0.4) is 0 Å². The number of nitrogens with one attached hydrogen (secondary N) is 1. The molecule has 0 aliphatic carbocycles. The van der Waals surface area contributed by atoms with Gasteiger partial charge in [-0.15, -0.1) is 0 Å². The Kier molecular flexibility index (Phi) is 5.99. The lowest BCUT2D eigenvalue weighted by Gasteiger charge is -2.34. The van der Waals surface area contributed by atoms with Crippen molar-refractivity contribution in [2.24, 2.45) is 0 Å². The third-order valence-corrected chi connectivity index (χ3v) is 4.76. The Hall–Kier alpha value is -0.680. The van der Waals surface area contributed by atoms with Gasteiger partial charge in [0.1, 0.15) is 5.82 Å². The van der Waals surface area contributed by atoms with E-state index >= 15 is 0 Å². The maximum atomic E-state index is 13.2. The summed E-state index contributed by atoms with van der Waals surface area (Å²) < 4.78 is 13.2. The summed E-state index contributed by atoms with van der Waals surface area (Å²) in [4.78, 5) is 4.80. The maximum Gasteiger partial charge on any atom is 0.124 e. The molecule has 1 aromatic carbocycles. The Morgan fingerprint density at radius 2 is 2.14 bits per heavy atom. The van der Waals surface area contributed by atoms with Crippen LogP contribution in [-0.4, -0.2) is 62.7 Å². The van der Waals surface area contributed by atoms with Crippen LogP contribution in [0, 0.1) is 5.82 Å². The molecule has 118 valence electrons. The first-order valence-corrected chi connectivity index (χ1v) is 7.89. The van der Waals surface area contributed by atoms with Crippen LogP contribution >= 0.6 is 11.6 Å². The van der Waals surface area contributed by atoms with E-state index in [4.69, 9.17) is 11.6 Å². The monoisotopic (exact) mass is 313 g/mol. The van der Waals surface area contributed by atoms with Gasteiger partial charge in [0.05, 0.1) is 0 Å². The Labute approximate surface area is 132 Å². The van der Waals surface area contributed by atoms with E-state index in [1.54, 1.807) is 6.07 Å². The van der Waals surface area contributed by atoms with Crippen molar-refractivity contribution in [2.45, 2.75) is 24.9 Å². The van der Waals surface area contributed by atoms with E-state index in [1.807, 2.05) is 7.05 Å². The summed E-state index contributed by atoms with van der Waals surface area (Å²) >= 11 is 6.17. The minimum atomic E-state index is -0.281. The van der Waals surface area contributed by atoms with E-state index in [9.17, 15) is 4.39 Å². The lowest BCUT2D eigenvalue weighted by molar-refractivity contribution is 0.181. The molecule has 1 aliphatic heterocycles. The average Bonchev–Trinajstić information content (AvgIpc) is 2.60. The first-order chi connectivity index (χ1) is 10.0. The SMILES string of the molecule is CNC(Cc1ccc(F)cc1Cl)C1CN(C)CCCN1C. The van der Waals surface area contributed by atoms with Gasteiger partial charge in [-0.25, -0.2) is 4.39 Å². The summed E-state index contributed by atoms with van der Waals surface area (Å²) in [5.41, 5.74) is 0.998. The lowest BCUT2D eigenvalue weighted by Crippen LogP contribution is -2.52. The fourth-order valence-electron chi connectivity index (χ4n) is 3.09. The van der Waals surface area contributed by atoms with E-state index < -0.39 is 0 Å². The molecule has 0 radical (unpaired) electrons. The van der Waals surface area contributed by atoms with E-state index in [0.29, 0.717) is 17.1 Å². The number of likely N-dealkylation sites (N-methyl/N-ethyl adjacent to an activating group) is 3. The minimum absolute atomic E-state index is 0.281. The van der Waals surface area contributed by atoms with Crippen molar-refractivity contribution in [3.8, 4) is 0 Å². The Morgan fingerprint density at radius 1 is 1.38 bits per heavy atom. The second kappa shape index (κ2) is 7.54. The van der Waals surface area contributed by atoms with Crippen LogP contribution in [-0.2, 0) is 6.42 Å². The van der Waals surface area contributed by atoms with Gasteiger partial charge in [-0.1, -0.05) is 17.7 Å². The van der Waals surface area contributed by atoms with Gasteiger partial charge in [0.2, 0.25) is 0 Å². The normalized spacial score (nSPS) is 23.0. The molecule has 0 aromatic heterocycles. The van der Waals surface area contributed by atoms with E-state index in [1.165, 1.54) is 18.6 Å². The number of halogens is 2.